The molecule has 0 saturated carbocycles. The fourth-order valence-corrected chi connectivity index (χ4v) is 14.7. The highest BCUT2D eigenvalue weighted by atomic mass is 32.2. The molecule has 4 aliphatic heterocycles. The zero-order valence-corrected chi connectivity index (χ0v) is 42.8. The van der Waals surface area contributed by atoms with Crippen LogP contribution in [0.3, 0.4) is 0 Å². The Morgan fingerprint density at radius 2 is 0.987 bits per heavy atom. The number of amidine groups is 2. The molecule has 0 fully saturated rings. The molecule has 4 aromatic heterocycles. The fourth-order valence-electron chi connectivity index (χ4n) is 8.86. The number of carbonyl (C=O) groups excluding carboxylic acids is 2. The van der Waals surface area contributed by atoms with E-state index in [0.29, 0.717) is 38.8 Å². The van der Waals surface area contributed by atoms with Gasteiger partial charge in [0.25, 0.3) is 0 Å². The van der Waals surface area contributed by atoms with Crippen LogP contribution in [-0.4, -0.2) is 124 Å². The first kappa shape index (κ1) is 57.4. The second-order valence-corrected chi connectivity index (χ2v) is 24.9. The van der Waals surface area contributed by atoms with Crippen LogP contribution in [0.2, 0.25) is 0 Å². The number of nitrogens with two attached hydrogens (primary N) is 2. The van der Waals surface area contributed by atoms with Crippen molar-refractivity contribution < 1.29 is 71.4 Å². The first-order valence-electron chi connectivity index (χ1n) is 23.4. The number of ketones is 2. The van der Waals surface area contributed by atoms with Gasteiger partial charge in [0, 0.05) is 24.5 Å². The van der Waals surface area contributed by atoms with Crippen molar-refractivity contribution in [2.24, 2.45) is 30.2 Å². The minimum atomic E-state index is -4.33. The van der Waals surface area contributed by atoms with Gasteiger partial charge in [0.05, 0.1) is 56.2 Å². The Morgan fingerprint density at radius 3 is 1.32 bits per heavy atom. The third kappa shape index (κ3) is 11.5. The Morgan fingerprint density at radius 1 is 0.618 bits per heavy atom. The molecule has 4 aromatic rings. The monoisotopic (exact) mass is 1120 g/mol. The Balaban J connectivity index is 0.000000221. The lowest BCUT2D eigenvalue weighted by molar-refractivity contribution is -0.148. The number of ether oxygens (including phenoxy) is 2. The van der Waals surface area contributed by atoms with E-state index in [0.717, 1.165) is 36.7 Å². The molecular weight excluding hydrogens is 1070 g/mol. The summed E-state index contributed by atoms with van der Waals surface area (Å²) < 4.78 is 175. The summed E-state index contributed by atoms with van der Waals surface area (Å²) in [4.78, 5) is 50.9. The van der Waals surface area contributed by atoms with Gasteiger partial charge >= 0.3 is 24.7 Å². The van der Waals surface area contributed by atoms with Gasteiger partial charge in [-0.1, -0.05) is 0 Å². The van der Waals surface area contributed by atoms with Crippen LogP contribution >= 0.6 is 0 Å². The number of hydrogen-bond acceptors (Lipinski definition) is 16. The molecule has 0 unspecified atom stereocenters. The summed E-state index contributed by atoms with van der Waals surface area (Å²) in [6.45, 7) is 4.38. The van der Waals surface area contributed by atoms with Crippen LogP contribution in [0, 0.1) is 11.6 Å². The Labute approximate surface area is 430 Å². The predicted octanol–water partition coefficient (Wildman–Crippen LogP) is 7.85. The standard InChI is InChI=1S/2C24H26F5N5O3S/c2*1-22(13-38(36)23(2,21(30)34-22)8-3-9-32-38)19-16(25)6-4-14(33-19)10-18(35)17-7-5-15(11-31-17)37-12-24(28,29)20(26)27/h2*4-7,11,20H,3,8-10,12-13H2,1-2H3,(H2,30,34)/t22-,23+,38+;22-,23-,38-/m00/s1. The van der Waals surface area contributed by atoms with E-state index in [-0.39, 0.29) is 81.7 Å². The summed E-state index contributed by atoms with van der Waals surface area (Å²) in [5.74, 6) is -11.5. The summed E-state index contributed by atoms with van der Waals surface area (Å²) in [6, 6.07) is 9.56. The van der Waals surface area contributed by atoms with Crippen LogP contribution in [0.4, 0.5) is 43.9 Å². The number of pyridine rings is 4. The minimum Gasteiger partial charge on any atom is -0.485 e. The highest BCUT2D eigenvalue weighted by Gasteiger charge is 2.53. The van der Waals surface area contributed by atoms with E-state index >= 15 is 0 Å². The number of halogens is 10. The topological polar surface area (TPSA) is 240 Å². The van der Waals surface area contributed by atoms with Crippen LogP contribution < -0.4 is 20.9 Å². The van der Waals surface area contributed by atoms with Crippen molar-refractivity contribution in [3.8, 4) is 11.5 Å². The largest absolute Gasteiger partial charge is 0.485 e. The van der Waals surface area contributed by atoms with Crippen molar-refractivity contribution in [2.45, 2.75) is 111 Å². The van der Waals surface area contributed by atoms with Gasteiger partial charge in [-0.15, -0.1) is 0 Å². The number of alkyl halides is 8. The molecular formula is C48H52F10N10O6S2. The van der Waals surface area contributed by atoms with Gasteiger partial charge in [-0.3, -0.25) is 29.5 Å². The highest BCUT2D eigenvalue weighted by Crippen LogP contribution is 2.44. The van der Waals surface area contributed by atoms with E-state index in [1.807, 2.05) is 0 Å². The van der Waals surface area contributed by atoms with Crippen LogP contribution in [0.5, 0.6) is 11.5 Å². The molecule has 4 N–H and O–H groups in total. The van der Waals surface area contributed by atoms with Crippen molar-refractivity contribution in [1.82, 2.24) is 19.9 Å². The van der Waals surface area contributed by atoms with Gasteiger partial charge in [-0.25, -0.2) is 53.5 Å². The average molecular weight is 1120 g/mol. The van der Waals surface area contributed by atoms with Crippen molar-refractivity contribution in [2.75, 3.05) is 37.8 Å². The van der Waals surface area contributed by atoms with E-state index < -0.39 is 101 Å². The molecule has 0 spiro atoms. The van der Waals surface area contributed by atoms with Crippen molar-refractivity contribution in [1.29, 1.82) is 0 Å². The van der Waals surface area contributed by atoms with E-state index in [2.05, 4.69) is 48.1 Å². The summed E-state index contributed by atoms with van der Waals surface area (Å²) in [6.07, 6.45) is -3.91. The van der Waals surface area contributed by atoms with E-state index in [9.17, 15) is 61.9 Å². The summed E-state index contributed by atoms with van der Waals surface area (Å²) >= 11 is 0. The molecule has 8 rings (SSSR count). The minimum absolute atomic E-state index is 0.0727. The number of nitrogens with zero attached hydrogens (tertiary/aromatic N) is 8. The molecule has 28 heteroatoms. The van der Waals surface area contributed by atoms with Crippen molar-refractivity contribution in [3.05, 3.63) is 107 Å². The van der Waals surface area contributed by atoms with Crippen LogP contribution in [0.1, 0.15) is 97.1 Å². The maximum Gasteiger partial charge on any atom is 0.340 e. The Bertz CT molecular complexity index is 3000. The quantitative estimate of drug-likeness (QED) is 0.0805. The molecule has 16 nitrogen and oxygen atoms in total. The molecule has 8 heterocycles. The number of fused-ring (bicyclic) bond motifs is 2. The number of hydrogen-bond donors (Lipinski definition) is 2. The lowest BCUT2D eigenvalue weighted by Gasteiger charge is -2.43. The number of Topliss-reactive ketones (excluding diaryl/α,β-unsaturated/α-hetero) is 2. The molecule has 0 aliphatic carbocycles. The molecule has 0 radical (unpaired) electrons. The van der Waals surface area contributed by atoms with Crippen LogP contribution in [0.25, 0.3) is 0 Å². The third-order valence-electron chi connectivity index (χ3n) is 13.5. The van der Waals surface area contributed by atoms with E-state index in [1.54, 1.807) is 27.7 Å². The van der Waals surface area contributed by atoms with Crippen molar-refractivity contribution in [3.63, 3.8) is 0 Å². The number of rotatable bonds is 16. The maximum atomic E-state index is 15.0. The summed E-state index contributed by atoms with van der Waals surface area (Å²) in [5.41, 5.74) is 9.74. The first-order valence-corrected chi connectivity index (χ1v) is 26.7. The molecule has 0 amide bonds. The molecule has 0 bridgehead atoms. The molecule has 76 heavy (non-hydrogen) atoms. The molecule has 0 aromatic carbocycles. The summed E-state index contributed by atoms with van der Waals surface area (Å²) in [5, 5.41) is 0. The SMILES string of the molecule is C[C@@]1(c2nc(CC(=O)c3ccc(OCC(F)(F)C(F)F)cn3)ccc2F)C[S@]2(=O)=NCCC[C@]2(C)C(N)=N1.C[C@@]12CCCN=[S@]1(=O)C[C@@](C)(c1nc(CC(=O)c3ccc(OCC(F)(F)C(F)F)cn3)ccc1F)N=C2N. The second kappa shape index (κ2) is 21.2. The fraction of sp³-hybridized carbons (Fsp3) is 0.500. The van der Waals surface area contributed by atoms with Gasteiger partial charge < -0.3 is 20.9 Å². The second-order valence-electron chi connectivity index (χ2n) is 19.4. The van der Waals surface area contributed by atoms with Gasteiger partial charge in [-0.2, -0.15) is 17.6 Å². The Kier molecular flexibility index (Phi) is 16.0. The lowest BCUT2D eigenvalue weighted by atomic mass is 9.96. The Hall–Kier alpha value is -6.32. The average Bonchev–Trinajstić information content (AvgIpc) is 3.37. The number of aromatic nitrogens is 4. The number of carbonyl (C=O) groups is 2. The lowest BCUT2D eigenvalue weighted by Crippen LogP contribution is -2.57. The van der Waals surface area contributed by atoms with Crippen LogP contribution in [0.15, 0.2) is 79.6 Å². The van der Waals surface area contributed by atoms with Gasteiger partial charge in [0.15, 0.2) is 24.8 Å². The normalized spacial score (nSPS) is 27.3. The first-order chi connectivity index (χ1) is 35.4. The van der Waals surface area contributed by atoms with Crippen LogP contribution in [-0.2, 0) is 43.4 Å². The van der Waals surface area contributed by atoms with Gasteiger partial charge in [-0.05, 0) is 102 Å². The molecule has 6 atom stereocenters. The van der Waals surface area contributed by atoms with Gasteiger partial charge in [0.1, 0.15) is 78.2 Å². The van der Waals surface area contributed by atoms with Crippen molar-refractivity contribution >= 4 is 42.7 Å². The van der Waals surface area contributed by atoms with Gasteiger partial charge in [0.2, 0.25) is 0 Å². The molecule has 0 saturated heterocycles. The zero-order chi connectivity index (χ0) is 55.9. The molecule has 412 valence electrons. The molecule has 4 aliphatic rings. The summed E-state index contributed by atoms with van der Waals surface area (Å²) in [7, 11) is -5.74. The van der Waals surface area contributed by atoms with E-state index in [1.165, 1.54) is 24.3 Å². The third-order valence-corrected chi connectivity index (χ3v) is 20.2. The maximum absolute atomic E-state index is 15.0. The number of aliphatic imine (C=N–C) groups is 2. The zero-order valence-electron chi connectivity index (χ0n) is 41.2. The smallest absolute Gasteiger partial charge is 0.340 e. The van der Waals surface area contributed by atoms with E-state index in [4.69, 9.17) is 11.5 Å². The predicted molar refractivity (Wildman–Crippen MR) is 260 cm³/mol. The highest BCUT2D eigenvalue weighted by molar-refractivity contribution is 7.96.